The van der Waals surface area contributed by atoms with Crippen molar-refractivity contribution in [2.45, 2.75) is 59.9 Å². The van der Waals surface area contributed by atoms with Crippen LogP contribution in [0.25, 0.3) is 5.82 Å². The Morgan fingerprint density at radius 3 is 2.68 bits per heavy atom. The van der Waals surface area contributed by atoms with Crippen LogP contribution >= 0.6 is 0 Å². The first-order chi connectivity index (χ1) is 13.3. The summed E-state index contributed by atoms with van der Waals surface area (Å²) < 4.78 is 12.2. The number of hydrogen-bond donors (Lipinski definition) is 1. The maximum Gasteiger partial charge on any atom is 0.340 e. The van der Waals surface area contributed by atoms with Crippen LogP contribution in [0.15, 0.2) is 16.7 Å². The number of nitrogens with zero attached hydrogens (tertiary/aromatic N) is 2. The third-order valence-corrected chi connectivity index (χ3v) is 5.88. The molecule has 2 aromatic heterocycles. The van der Waals surface area contributed by atoms with E-state index in [1.165, 1.54) is 6.42 Å². The maximum atomic E-state index is 12.5. The molecule has 0 radical (unpaired) electrons. The number of nitrogens with one attached hydrogen (secondary N) is 1. The lowest BCUT2D eigenvalue weighted by atomic mass is 9.78. The summed E-state index contributed by atoms with van der Waals surface area (Å²) in [6.45, 7) is 9.62. The van der Waals surface area contributed by atoms with Gasteiger partial charge in [-0.2, -0.15) is 0 Å². The van der Waals surface area contributed by atoms with Gasteiger partial charge in [-0.3, -0.25) is 9.36 Å². The molecular weight excluding hydrogens is 358 g/mol. The van der Waals surface area contributed by atoms with E-state index in [9.17, 15) is 9.59 Å². The van der Waals surface area contributed by atoms with Gasteiger partial charge in [-0.25, -0.2) is 4.79 Å². The van der Waals surface area contributed by atoms with Gasteiger partial charge in [-0.15, -0.1) is 0 Å². The van der Waals surface area contributed by atoms with E-state index >= 15 is 0 Å². The van der Waals surface area contributed by atoms with Crippen LogP contribution in [0.1, 0.15) is 60.6 Å². The fourth-order valence-electron chi connectivity index (χ4n) is 4.02. The fraction of sp³-hybridized carbons (Fsp3) is 0.571. The first-order valence-corrected chi connectivity index (χ1v) is 9.87. The van der Waals surface area contributed by atoms with Gasteiger partial charge >= 0.3 is 5.97 Å². The highest BCUT2D eigenvalue weighted by atomic mass is 16.5. The Labute approximate surface area is 165 Å². The van der Waals surface area contributed by atoms with Gasteiger partial charge < -0.3 is 14.6 Å². The average Bonchev–Trinajstić information content (AvgIpc) is 3.19. The van der Waals surface area contributed by atoms with Gasteiger partial charge in [-0.05, 0) is 45.1 Å². The fourth-order valence-corrected chi connectivity index (χ4v) is 4.02. The zero-order chi connectivity index (χ0) is 20.4. The number of ether oxygens (including phenoxy) is 1. The molecule has 7 nitrogen and oxygen atoms in total. The topological polar surface area (TPSA) is 86.4 Å². The molecule has 0 aliphatic heterocycles. The second kappa shape index (κ2) is 8.20. The van der Waals surface area contributed by atoms with Crippen molar-refractivity contribution in [3.63, 3.8) is 0 Å². The average molecular weight is 387 g/mol. The lowest BCUT2D eigenvalue weighted by Gasteiger charge is -2.34. The number of carbonyl (C=O) groups is 2. The van der Waals surface area contributed by atoms with Crippen LogP contribution in [0.4, 0.5) is 0 Å². The van der Waals surface area contributed by atoms with Gasteiger partial charge in [0.2, 0.25) is 0 Å². The molecule has 1 aliphatic rings. The second-order valence-electron chi connectivity index (χ2n) is 7.93. The molecule has 0 bridgehead atoms. The first kappa shape index (κ1) is 20.2. The van der Waals surface area contributed by atoms with Crippen LogP contribution < -0.4 is 5.32 Å². The van der Waals surface area contributed by atoms with Gasteiger partial charge in [0, 0.05) is 23.5 Å². The van der Waals surface area contributed by atoms with E-state index in [1.54, 1.807) is 12.1 Å². The van der Waals surface area contributed by atoms with Gasteiger partial charge in [0.25, 0.3) is 5.91 Å². The van der Waals surface area contributed by atoms with Gasteiger partial charge in [0.05, 0.1) is 5.56 Å². The normalized spacial score (nSPS) is 22.1. The molecule has 1 fully saturated rings. The standard InChI is InChI=1S/C21H29N3O4/c1-12-7-6-8-18(15(12)4)22-20(25)11-27-21(26)17-9-13(2)24(16(17)5)19-10-14(3)28-23-19/h9-10,12,15,18H,6-8,11H2,1-5H3,(H,22,25)/t12-,15-,18+/m0/s1. The summed E-state index contributed by atoms with van der Waals surface area (Å²) in [5.74, 6) is 1.56. The summed E-state index contributed by atoms with van der Waals surface area (Å²) in [6.07, 6.45) is 3.29. The monoisotopic (exact) mass is 387 g/mol. The zero-order valence-electron chi connectivity index (χ0n) is 17.2. The van der Waals surface area contributed by atoms with Crippen LogP contribution in [-0.4, -0.2) is 34.2 Å². The number of esters is 1. The second-order valence-corrected chi connectivity index (χ2v) is 7.93. The maximum absolute atomic E-state index is 12.5. The zero-order valence-corrected chi connectivity index (χ0v) is 17.2. The predicted molar refractivity (Wildman–Crippen MR) is 104 cm³/mol. The van der Waals surface area contributed by atoms with Crippen molar-refractivity contribution in [3.8, 4) is 5.82 Å². The highest BCUT2D eigenvalue weighted by molar-refractivity contribution is 5.93. The molecule has 1 saturated carbocycles. The van der Waals surface area contributed by atoms with E-state index in [-0.39, 0.29) is 18.6 Å². The Morgan fingerprint density at radius 2 is 2.00 bits per heavy atom. The SMILES string of the molecule is Cc1cc(-n2c(C)cc(C(=O)OCC(=O)N[C@@H]3CCC[C@H](C)[C@@H]3C)c2C)no1. The number of rotatable bonds is 5. The molecule has 1 aliphatic carbocycles. The van der Waals surface area contributed by atoms with Crippen LogP contribution in [0.5, 0.6) is 0 Å². The Hall–Kier alpha value is -2.57. The molecule has 1 N–H and O–H groups in total. The van der Waals surface area contributed by atoms with Crippen molar-refractivity contribution < 1.29 is 18.8 Å². The Morgan fingerprint density at radius 1 is 1.25 bits per heavy atom. The van der Waals surface area contributed by atoms with Crippen molar-refractivity contribution in [3.05, 3.63) is 34.8 Å². The lowest BCUT2D eigenvalue weighted by molar-refractivity contribution is -0.125. The summed E-state index contributed by atoms with van der Waals surface area (Å²) in [7, 11) is 0. The summed E-state index contributed by atoms with van der Waals surface area (Å²) in [4.78, 5) is 24.8. The largest absolute Gasteiger partial charge is 0.452 e. The molecule has 152 valence electrons. The van der Waals surface area contributed by atoms with Gasteiger partial charge in [0.15, 0.2) is 12.4 Å². The molecule has 28 heavy (non-hydrogen) atoms. The number of aromatic nitrogens is 2. The van der Waals surface area contributed by atoms with E-state index in [1.807, 2.05) is 25.3 Å². The first-order valence-electron chi connectivity index (χ1n) is 9.87. The molecule has 2 heterocycles. The number of carbonyl (C=O) groups excluding carboxylic acids is 2. The highest BCUT2D eigenvalue weighted by Crippen LogP contribution is 2.29. The van der Waals surface area contributed by atoms with Crippen molar-refractivity contribution >= 4 is 11.9 Å². The molecule has 0 saturated heterocycles. The Bertz CT molecular complexity index is 867. The number of hydrogen-bond acceptors (Lipinski definition) is 5. The third kappa shape index (κ3) is 4.13. The van der Waals surface area contributed by atoms with E-state index in [0.717, 1.165) is 18.5 Å². The molecule has 3 atom stereocenters. The van der Waals surface area contributed by atoms with Crippen LogP contribution in [0.3, 0.4) is 0 Å². The number of amides is 1. The molecule has 0 spiro atoms. The minimum absolute atomic E-state index is 0.149. The summed E-state index contributed by atoms with van der Waals surface area (Å²) in [5.41, 5.74) is 1.96. The van der Waals surface area contributed by atoms with E-state index in [0.29, 0.717) is 34.7 Å². The van der Waals surface area contributed by atoms with Crippen molar-refractivity contribution in [2.75, 3.05) is 6.61 Å². The van der Waals surface area contributed by atoms with E-state index in [4.69, 9.17) is 9.26 Å². The van der Waals surface area contributed by atoms with Gasteiger partial charge in [0.1, 0.15) is 5.76 Å². The van der Waals surface area contributed by atoms with Crippen LogP contribution in [-0.2, 0) is 9.53 Å². The molecular formula is C21H29N3O4. The smallest absolute Gasteiger partial charge is 0.340 e. The van der Waals surface area contributed by atoms with Crippen LogP contribution in [0, 0.1) is 32.6 Å². The van der Waals surface area contributed by atoms with Crippen molar-refractivity contribution in [1.82, 2.24) is 15.0 Å². The molecule has 3 rings (SSSR count). The third-order valence-electron chi connectivity index (χ3n) is 5.88. The summed E-state index contributed by atoms with van der Waals surface area (Å²) in [5, 5.41) is 7.03. The molecule has 1 amide bonds. The highest BCUT2D eigenvalue weighted by Gasteiger charge is 2.28. The van der Waals surface area contributed by atoms with Crippen LogP contribution in [0.2, 0.25) is 0 Å². The van der Waals surface area contributed by atoms with E-state index in [2.05, 4.69) is 24.3 Å². The van der Waals surface area contributed by atoms with Gasteiger partial charge in [-0.1, -0.05) is 31.8 Å². The van der Waals surface area contributed by atoms with Crippen molar-refractivity contribution in [2.24, 2.45) is 11.8 Å². The summed E-state index contributed by atoms with van der Waals surface area (Å²) in [6, 6.07) is 3.69. The quantitative estimate of drug-likeness (QED) is 0.794. The Kier molecular flexibility index (Phi) is 5.91. The van der Waals surface area contributed by atoms with E-state index < -0.39 is 5.97 Å². The predicted octanol–water partition coefficient (Wildman–Crippen LogP) is 3.49. The Balaban J connectivity index is 1.61. The lowest BCUT2D eigenvalue weighted by Crippen LogP contribution is -2.45. The molecule has 0 unspecified atom stereocenters. The number of aryl methyl sites for hydroxylation is 2. The minimum Gasteiger partial charge on any atom is -0.452 e. The molecule has 2 aromatic rings. The van der Waals surface area contributed by atoms with Crippen molar-refractivity contribution in [1.29, 1.82) is 0 Å². The summed E-state index contributed by atoms with van der Waals surface area (Å²) >= 11 is 0. The molecule has 0 aromatic carbocycles. The minimum atomic E-state index is -0.514. The molecule has 7 heteroatoms.